The lowest BCUT2D eigenvalue weighted by molar-refractivity contribution is -0.141. The van der Waals surface area contributed by atoms with Crippen molar-refractivity contribution in [3.63, 3.8) is 0 Å². The smallest absolute Gasteiger partial charge is 0.230 e. The molecule has 4 rings (SSSR count). The van der Waals surface area contributed by atoms with Crippen LogP contribution in [0.25, 0.3) is 0 Å². The first-order valence-electron chi connectivity index (χ1n) is 10.6. The lowest BCUT2D eigenvalue weighted by Crippen LogP contribution is -2.50. The van der Waals surface area contributed by atoms with E-state index in [9.17, 15) is 9.90 Å². The maximum Gasteiger partial charge on any atom is 0.230 e. The van der Waals surface area contributed by atoms with Gasteiger partial charge in [-0.1, -0.05) is 12.2 Å². The number of piperidine rings is 1. The second kappa shape index (κ2) is 6.70. The number of aliphatic hydroxyl groups is 1. The molecule has 1 saturated carbocycles. The predicted octanol–water partition coefficient (Wildman–Crippen LogP) is 3.62. The van der Waals surface area contributed by atoms with E-state index in [4.69, 9.17) is 0 Å². The SMILES string of the molecule is CC1=CCCC=C1N1CCC[C@@]2(CCN(C3CCC(C)(O)CC3)C2=O)C1. The van der Waals surface area contributed by atoms with Crippen LogP contribution in [0.1, 0.15) is 71.6 Å². The molecule has 2 heterocycles. The number of nitrogens with zero attached hydrogens (tertiary/aromatic N) is 2. The Hall–Kier alpha value is -1.29. The number of amides is 1. The van der Waals surface area contributed by atoms with Crippen LogP contribution in [0.2, 0.25) is 0 Å². The van der Waals surface area contributed by atoms with Gasteiger partial charge in [0.1, 0.15) is 0 Å². The molecule has 0 aromatic heterocycles. The highest BCUT2D eigenvalue weighted by molar-refractivity contribution is 5.85. The molecule has 0 unspecified atom stereocenters. The van der Waals surface area contributed by atoms with Crippen LogP contribution in [0.15, 0.2) is 23.4 Å². The zero-order valence-corrected chi connectivity index (χ0v) is 16.5. The Balaban J connectivity index is 1.46. The van der Waals surface area contributed by atoms with Gasteiger partial charge >= 0.3 is 0 Å². The summed E-state index contributed by atoms with van der Waals surface area (Å²) in [5.41, 5.74) is 2.05. The number of hydrogen-bond acceptors (Lipinski definition) is 3. The molecule has 2 aliphatic carbocycles. The highest BCUT2D eigenvalue weighted by Gasteiger charge is 2.51. The molecule has 4 nitrogen and oxygen atoms in total. The molecule has 4 heteroatoms. The molecule has 1 spiro atoms. The third kappa shape index (κ3) is 3.21. The van der Waals surface area contributed by atoms with Crippen molar-refractivity contribution in [2.45, 2.75) is 83.3 Å². The van der Waals surface area contributed by atoms with Gasteiger partial charge in [0.2, 0.25) is 5.91 Å². The van der Waals surface area contributed by atoms with E-state index < -0.39 is 5.60 Å². The Labute approximate surface area is 157 Å². The van der Waals surface area contributed by atoms with Gasteiger partial charge in [0.25, 0.3) is 0 Å². The van der Waals surface area contributed by atoms with Crippen molar-refractivity contribution >= 4 is 5.91 Å². The summed E-state index contributed by atoms with van der Waals surface area (Å²) in [6, 6.07) is 0.341. The van der Waals surface area contributed by atoms with Crippen molar-refractivity contribution in [1.82, 2.24) is 9.80 Å². The Morgan fingerprint density at radius 2 is 1.81 bits per heavy atom. The van der Waals surface area contributed by atoms with Crippen molar-refractivity contribution < 1.29 is 9.90 Å². The number of hydrogen-bond donors (Lipinski definition) is 1. The minimum atomic E-state index is -0.532. The first kappa shape index (κ1) is 18.1. The van der Waals surface area contributed by atoms with E-state index in [1.807, 2.05) is 6.92 Å². The summed E-state index contributed by atoms with van der Waals surface area (Å²) in [7, 11) is 0. The van der Waals surface area contributed by atoms with Crippen molar-refractivity contribution in [3.05, 3.63) is 23.4 Å². The van der Waals surface area contributed by atoms with E-state index in [1.165, 1.54) is 11.3 Å². The minimum absolute atomic E-state index is 0.170. The van der Waals surface area contributed by atoms with Gasteiger partial charge in [-0.2, -0.15) is 0 Å². The van der Waals surface area contributed by atoms with Gasteiger partial charge < -0.3 is 14.9 Å². The van der Waals surface area contributed by atoms with E-state index in [0.29, 0.717) is 11.9 Å². The normalized spacial score (nSPS) is 38.6. The maximum absolute atomic E-state index is 13.5. The molecule has 2 aliphatic heterocycles. The number of likely N-dealkylation sites (tertiary alicyclic amines) is 2. The molecular formula is C22H34N2O2. The second-order valence-corrected chi connectivity index (χ2v) is 9.34. The largest absolute Gasteiger partial charge is 0.390 e. The summed E-state index contributed by atoms with van der Waals surface area (Å²) in [5, 5.41) is 10.2. The predicted molar refractivity (Wildman–Crippen MR) is 104 cm³/mol. The van der Waals surface area contributed by atoms with Crippen LogP contribution >= 0.6 is 0 Å². The summed E-state index contributed by atoms with van der Waals surface area (Å²) in [5.74, 6) is 0.395. The van der Waals surface area contributed by atoms with E-state index in [0.717, 1.165) is 77.4 Å². The van der Waals surface area contributed by atoms with Crippen molar-refractivity contribution in [2.75, 3.05) is 19.6 Å². The molecule has 0 radical (unpaired) electrons. The monoisotopic (exact) mass is 358 g/mol. The molecule has 0 aromatic carbocycles. The number of carbonyl (C=O) groups excluding carboxylic acids is 1. The lowest BCUT2D eigenvalue weighted by Gasteiger charge is -2.43. The number of allylic oxidation sites excluding steroid dienone is 3. The average molecular weight is 359 g/mol. The van der Waals surface area contributed by atoms with E-state index in [-0.39, 0.29) is 5.41 Å². The highest BCUT2D eigenvalue weighted by Crippen LogP contribution is 2.44. The fraction of sp³-hybridized carbons (Fsp3) is 0.773. The van der Waals surface area contributed by atoms with Crippen LogP contribution in [0.5, 0.6) is 0 Å². The van der Waals surface area contributed by atoms with Gasteiger partial charge in [0.05, 0.1) is 11.0 Å². The summed E-state index contributed by atoms with van der Waals surface area (Å²) in [6.07, 6.45) is 13.7. The van der Waals surface area contributed by atoms with Crippen LogP contribution in [-0.4, -0.2) is 52.1 Å². The first-order valence-corrected chi connectivity index (χ1v) is 10.6. The van der Waals surface area contributed by atoms with Gasteiger partial charge in [-0.25, -0.2) is 0 Å². The fourth-order valence-electron chi connectivity index (χ4n) is 5.61. The van der Waals surface area contributed by atoms with Crippen molar-refractivity contribution in [1.29, 1.82) is 0 Å². The van der Waals surface area contributed by atoms with Gasteiger partial charge in [0, 0.05) is 31.4 Å². The Morgan fingerprint density at radius 1 is 1.08 bits per heavy atom. The van der Waals surface area contributed by atoms with Crippen molar-refractivity contribution in [3.8, 4) is 0 Å². The van der Waals surface area contributed by atoms with Crippen LogP contribution in [0, 0.1) is 5.41 Å². The van der Waals surface area contributed by atoms with Gasteiger partial charge in [-0.3, -0.25) is 4.79 Å². The minimum Gasteiger partial charge on any atom is -0.390 e. The molecule has 1 N–H and O–H groups in total. The standard InChI is InChI=1S/C22H34N2O2/c1-17-6-3-4-7-19(17)23-14-5-10-22(16-23)13-15-24(20(22)25)18-8-11-21(2,26)12-9-18/h6-7,18,26H,3-5,8-16H2,1-2H3/t18?,21?,22-/m1/s1. The molecule has 2 saturated heterocycles. The van der Waals surface area contributed by atoms with Gasteiger partial charge in [-0.15, -0.1) is 0 Å². The molecule has 0 aromatic rings. The van der Waals surface area contributed by atoms with Crippen LogP contribution in [-0.2, 0) is 4.79 Å². The Kier molecular flexibility index (Phi) is 4.66. The summed E-state index contributed by atoms with van der Waals surface area (Å²) >= 11 is 0. The quantitative estimate of drug-likeness (QED) is 0.820. The zero-order valence-electron chi connectivity index (χ0n) is 16.5. The Bertz CT molecular complexity index is 626. The van der Waals surface area contributed by atoms with E-state index >= 15 is 0 Å². The molecule has 1 atom stereocenters. The average Bonchev–Trinajstić information content (AvgIpc) is 2.92. The molecule has 26 heavy (non-hydrogen) atoms. The van der Waals surface area contributed by atoms with Crippen LogP contribution in [0.4, 0.5) is 0 Å². The zero-order chi connectivity index (χ0) is 18.4. The molecule has 4 aliphatic rings. The lowest BCUT2D eigenvalue weighted by atomic mass is 9.77. The summed E-state index contributed by atoms with van der Waals surface area (Å²) < 4.78 is 0. The van der Waals surface area contributed by atoms with E-state index in [1.54, 1.807) is 0 Å². The fourth-order valence-corrected chi connectivity index (χ4v) is 5.61. The van der Waals surface area contributed by atoms with Crippen molar-refractivity contribution in [2.24, 2.45) is 5.41 Å². The molecule has 1 amide bonds. The summed E-state index contributed by atoms with van der Waals surface area (Å²) in [4.78, 5) is 18.1. The second-order valence-electron chi connectivity index (χ2n) is 9.34. The van der Waals surface area contributed by atoms with Gasteiger partial charge in [0.15, 0.2) is 0 Å². The third-order valence-electron chi connectivity index (χ3n) is 7.30. The first-order chi connectivity index (χ1) is 12.4. The third-order valence-corrected chi connectivity index (χ3v) is 7.30. The van der Waals surface area contributed by atoms with Crippen LogP contribution < -0.4 is 0 Å². The van der Waals surface area contributed by atoms with E-state index in [2.05, 4.69) is 28.9 Å². The maximum atomic E-state index is 13.5. The number of rotatable bonds is 2. The molecule has 144 valence electrons. The van der Waals surface area contributed by atoms with Crippen LogP contribution in [0.3, 0.4) is 0 Å². The van der Waals surface area contributed by atoms with Gasteiger partial charge in [-0.05, 0) is 77.2 Å². The molecule has 0 bridgehead atoms. The molecular weight excluding hydrogens is 324 g/mol. The summed E-state index contributed by atoms with van der Waals surface area (Å²) in [6.45, 7) is 7.03. The topological polar surface area (TPSA) is 43.8 Å². The number of carbonyl (C=O) groups is 1. The molecule has 3 fully saturated rings. The highest BCUT2D eigenvalue weighted by atomic mass is 16.3. The Morgan fingerprint density at radius 3 is 2.54 bits per heavy atom.